The predicted octanol–water partition coefficient (Wildman–Crippen LogP) is 1.38. The monoisotopic (exact) mass is 296 g/mol. The number of ether oxygens (including phenoxy) is 1. The maximum atomic E-state index is 12.5. The fourth-order valence-electron chi connectivity index (χ4n) is 1.89. The summed E-state index contributed by atoms with van der Waals surface area (Å²) in [7, 11) is 1.56. The number of hydrogen-bond donors (Lipinski definition) is 2. The number of benzene rings is 1. The molecule has 8 nitrogen and oxygen atoms in total. The van der Waals surface area contributed by atoms with E-state index in [1.165, 1.54) is 18.2 Å². The molecule has 0 heterocycles. The van der Waals surface area contributed by atoms with Gasteiger partial charge in [-0.2, -0.15) is 0 Å². The molecule has 116 valence electrons. The van der Waals surface area contributed by atoms with Gasteiger partial charge in [0.05, 0.1) is 11.5 Å². The van der Waals surface area contributed by atoms with Gasteiger partial charge in [-0.3, -0.25) is 20.8 Å². The number of rotatable bonds is 7. The molecule has 0 unspecified atom stereocenters. The van der Waals surface area contributed by atoms with Gasteiger partial charge < -0.3 is 15.1 Å². The molecule has 1 aromatic carbocycles. The number of carbonyl (C=O) groups excluding carboxylic acids is 1. The number of hydrazine groups is 1. The van der Waals surface area contributed by atoms with E-state index in [-0.39, 0.29) is 23.3 Å². The van der Waals surface area contributed by atoms with Gasteiger partial charge in [0, 0.05) is 31.3 Å². The van der Waals surface area contributed by atoms with Crippen LogP contribution in [0.5, 0.6) is 0 Å². The molecule has 3 N–H and O–H groups in total. The lowest BCUT2D eigenvalue weighted by molar-refractivity contribution is -0.384. The van der Waals surface area contributed by atoms with Crippen molar-refractivity contribution in [1.82, 2.24) is 4.90 Å². The third-order valence-electron chi connectivity index (χ3n) is 3.02. The molecular formula is C13H20N4O4. The van der Waals surface area contributed by atoms with E-state index in [1.54, 1.807) is 12.0 Å². The highest BCUT2D eigenvalue weighted by Gasteiger charge is 2.21. The van der Waals surface area contributed by atoms with Gasteiger partial charge in [-0.25, -0.2) is 0 Å². The molecule has 0 aliphatic rings. The summed E-state index contributed by atoms with van der Waals surface area (Å²) in [6, 6.07) is 4.04. The van der Waals surface area contributed by atoms with Gasteiger partial charge >= 0.3 is 0 Å². The molecule has 1 aromatic rings. The molecule has 0 radical (unpaired) electrons. The number of carbonyl (C=O) groups is 1. The van der Waals surface area contributed by atoms with Gasteiger partial charge in [-0.1, -0.05) is 0 Å². The Morgan fingerprint density at radius 3 is 2.67 bits per heavy atom. The van der Waals surface area contributed by atoms with Crippen LogP contribution < -0.4 is 11.3 Å². The van der Waals surface area contributed by atoms with Gasteiger partial charge in [0.25, 0.3) is 11.6 Å². The maximum Gasteiger partial charge on any atom is 0.293 e. The first-order chi connectivity index (χ1) is 9.92. The minimum atomic E-state index is -0.561. The van der Waals surface area contributed by atoms with E-state index in [9.17, 15) is 14.9 Å². The lowest BCUT2D eigenvalue weighted by Gasteiger charge is -2.26. The first kappa shape index (κ1) is 16.9. The number of nitrogens with two attached hydrogens (primary N) is 1. The van der Waals surface area contributed by atoms with Gasteiger partial charge in [0.15, 0.2) is 0 Å². The predicted molar refractivity (Wildman–Crippen MR) is 79.0 cm³/mol. The Morgan fingerprint density at radius 1 is 1.52 bits per heavy atom. The molecule has 0 spiro atoms. The summed E-state index contributed by atoms with van der Waals surface area (Å²) in [5, 5.41) is 10.8. The molecule has 0 aliphatic heterocycles. The minimum absolute atomic E-state index is 0.0165. The van der Waals surface area contributed by atoms with Crippen LogP contribution >= 0.6 is 0 Å². The van der Waals surface area contributed by atoms with Gasteiger partial charge in [-0.05, 0) is 26.0 Å². The molecular weight excluding hydrogens is 276 g/mol. The van der Waals surface area contributed by atoms with Crippen LogP contribution in [0.15, 0.2) is 18.2 Å². The Kier molecular flexibility index (Phi) is 6.07. The van der Waals surface area contributed by atoms with E-state index in [4.69, 9.17) is 10.6 Å². The van der Waals surface area contributed by atoms with Crippen LogP contribution in [0.1, 0.15) is 24.2 Å². The molecule has 0 bridgehead atoms. The van der Waals surface area contributed by atoms with Crippen LogP contribution in [-0.4, -0.2) is 42.0 Å². The van der Waals surface area contributed by atoms with Crippen LogP contribution in [0.3, 0.4) is 0 Å². The number of nitrogens with zero attached hydrogens (tertiary/aromatic N) is 2. The van der Waals surface area contributed by atoms with Crippen molar-refractivity contribution >= 4 is 17.3 Å². The van der Waals surface area contributed by atoms with Gasteiger partial charge in [0.1, 0.15) is 5.69 Å². The average molecular weight is 296 g/mol. The van der Waals surface area contributed by atoms with Crippen molar-refractivity contribution in [3.05, 3.63) is 33.9 Å². The summed E-state index contributed by atoms with van der Waals surface area (Å²) in [5.41, 5.74) is 2.50. The molecule has 1 amide bonds. The Balaban J connectivity index is 3.08. The van der Waals surface area contributed by atoms with E-state index in [0.717, 1.165) is 0 Å². The number of amides is 1. The standard InChI is InChI=1S/C13H20N4O4/c1-9(2)16(6-7-21-3)13(18)10-4-5-12(17(19)20)11(8-10)15-14/h4-5,8-9,15H,6-7,14H2,1-3H3. The molecule has 21 heavy (non-hydrogen) atoms. The zero-order chi connectivity index (χ0) is 16.0. The number of nitro groups is 1. The summed E-state index contributed by atoms with van der Waals surface area (Å²) in [4.78, 5) is 24.4. The third-order valence-corrected chi connectivity index (χ3v) is 3.02. The molecule has 0 fully saturated rings. The fourth-order valence-corrected chi connectivity index (χ4v) is 1.89. The van der Waals surface area contributed by atoms with Crippen LogP contribution in [0, 0.1) is 10.1 Å². The highest BCUT2D eigenvalue weighted by atomic mass is 16.6. The highest BCUT2D eigenvalue weighted by Crippen LogP contribution is 2.25. The number of nitro benzene ring substituents is 1. The molecule has 0 saturated carbocycles. The van der Waals surface area contributed by atoms with Crippen molar-refractivity contribution in [2.75, 3.05) is 25.7 Å². The summed E-state index contributed by atoms with van der Waals surface area (Å²) in [5.74, 6) is 5.05. The summed E-state index contributed by atoms with van der Waals surface area (Å²) < 4.78 is 4.99. The summed E-state index contributed by atoms with van der Waals surface area (Å²) >= 11 is 0. The quantitative estimate of drug-likeness (QED) is 0.446. The zero-order valence-electron chi connectivity index (χ0n) is 12.3. The van der Waals surface area contributed by atoms with Crippen molar-refractivity contribution in [2.45, 2.75) is 19.9 Å². The van der Waals surface area contributed by atoms with E-state index in [0.29, 0.717) is 18.7 Å². The average Bonchev–Trinajstić information content (AvgIpc) is 2.46. The second-order valence-corrected chi connectivity index (χ2v) is 4.72. The lowest BCUT2D eigenvalue weighted by atomic mass is 10.1. The van der Waals surface area contributed by atoms with Gasteiger partial charge in [-0.15, -0.1) is 0 Å². The zero-order valence-corrected chi connectivity index (χ0v) is 12.3. The van der Waals surface area contributed by atoms with Crippen molar-refractivity contribution < 1.29 is 14.5 Å². The van der Waals surface area contributed by atoms with Crippen molar-refractivity contribution in [3.8, 4) is 0 Å². The Morgan fingerprint density at radius 2 is 2.19 bits per heavy atom. The minimum Gasteiger partial charge on any atom is -0.383 e. The van der Waals surface area contributed by atoms with Gasteiger partial charge in [0.2, 0.25) is 0 Å². The highest BCUT2D eigenvalue weighted by molar-refractivity contribution is 5.96. The second-order valence-electron chi connectivity index (χ2n) is 4.72. The summed E-state index contributed by atoms with van der Waals surface area (Å²) in [6.45, 7) is 4.64. The van der Waals surface area contributed by atoms with E-state index >= 15 is 0 Å². The molecule has 1 rings (SSSR count). The van der Waals surface area contributed by atoms with Crippen LogP contribution in [-0.2, 0) is 4.74 Å². The number of anilines is 1. The number of nitrogen functional groups attached to an aromatic ring is 1. The third kappa shape index (κ3) is 4.14. The molecule has 8 heteroatoms. The SMILES string of the molecule is COCCN(C(=O)c1ccc([N+](=O)[O-])c(NN)c1)C(C)C. The Labute approximate surface area is 123 Å². The van der Waals surface area contributed by atoms with Crippen molar-refractivity contribution in [1.29, 1.82) is 0 Å². The molecule has 0 saturated heterocycles. The first-order valence-electron chi connectivity index (χ1n) is 6.47. The van der Waals surface area contributed by atoms with Crippen LogP contribution in [0.2, 0.25) is 0 Å². The normalized spacial score (nSPS) is 10.5. The number of methoxy groups -OCH3 is 1. The topological polar surface area (TPSA) is 111 Å². The fraction of sp³-hybridized carbons (Fsp3) is 0.462. The Hall–Kier alpha value is -2.19. The van der Waals surface area contributed by atoms with Crippen LogP contribution in [0.25, 0.3) is 0 Å². The largest absolute Gasteiger partial charge is 0.383 e. The number of hydrogen-bond acceptors (Lipinski definition) is 6. The smallest absolute Gasteiger partial charge is 0.293 e. The van der Waals surface area contributed by atoms with Crippen molar-refractivity contribution in [2.24, 2.45) is 5.84 Å². The second kappa shape index (κ2) is 7.55. The molecule has 0 aliphatic carbocycles. The Bertz CT molecular complexity index is 519. The van der Waals surface area contributed by atoms with E-state index in [1.807, 2.05) is 13.8 Å². The molecule has 0 atom stereocenters. The first-order valence-corrected chi connectivity index (χ1v) is 6.47. The van der Waals surface area contributed by atoms with E-state index < -0.39 is 4.92 Å². The van der Waals surface area contributed by atoms with Crippen molar-refractivity contribution in [3.63, 3.8) is 0 Å². The summed E-state index contributed by atoms with van der Waals surface area (Å²) in [6.07, 6.45) is 0. The number of nitrogens with one attached hydrogen (secondary N) is 1. The van der Waals surface area contributed by atoms with Crippen LogP contribution in [0.4, 0.5) is 11.4 Å². The maximum absolute atomic E-state index is 12.5. The lowest BCUT2D eigenvalue weighted by Crippen LogP contribution is -2.39. The molecule has 0 aromatic heterocycles. The van der Waals surface area contributed by atoms with E-state index in [2.05, 4.69) is 5.43 Å².